The summed E-state index contributed by atoms with van der Waals surface area (Å²) in [6.45, 7) is 3.08. The van der Waals surface area contributed by atoms with Crippen molar-refractivity contribution in [2.24, 2.45) is 0 Å². The number of nitrogens with one attached hydrogen (secondary N) is 1. The topological polar surface area (TPSA) is 41.6 Å². The lowest BCUT2D eigenvalue weighted by Crippen LogP contribution is -2.33. The van der Waals surface area contributed by atoms with Gasteiger partial charge >= 0.3 is 0 Å². The van der Waals surface area contributed by atoms with Gasteiger partial charge < -0.3 is 10.1 Å². The number of ether oxygens (including phenoxy) is 1. The van der Waals surface area contributed by atoms with Gasteiger partial charge in [0.25, 0.3) is 0 Å². The van der Waals surface area contributed by atoms with Crippen LogP contribution in [0, 0.1) is 12.7 Å². The number of hydrogen-bond acceptors (Lipinski definition) is 3. The third-order valence-electron chi connectivity index (χ3n) is 3.32. The number of nitrogens with zero attached hydrogens (tertiary/aromatic N) is 1. The number of carbonyl (C=O) groups is 1. The molecule has 4 nitrogen and oxygen atoms in total. The van der Waals surface area contributed by atoms with E-state index in [4.69, 9.17) is 4.74 Å². The molecule has 0 bridgehead atoms. The van der Waals surface area contributed by atoms with E-state index in [2.05, 4.69) is 5.32 Å². The van der Waals surface area contributed by atoms with Crippen LogP contribution in [-0.2, 0) is 4.79 Å². The van der Waals surface area contributed by atoms with Crippen molar-refractivity contribution in [3.8, 4) is 5.75 Å². The molecule has 0 aromatic heterocycles. The fraction of sp³-hybridized carbons (Fsp3) is 0.278. The van der Waals surface area contributed by atoms with E-state index < -0.39 is 0 Å². The number of anilines is 1. The van der Waals surface area contributed by atoms with E-state index in [9.17, 15) is 9.18 Å². The van der Waals surface area contributed by atoms with Crippen molar-refractivity contribution in [1.82, 2.24) is 4.90 Å². The molecule has 0 heterocycles. The Morgan fingerprint density at radius 1 is 1.17 bits per heavy atom. The van der Waals surface area contributed by atoms with E-state index >= 15 is 0 Å². The number of amides is 1. The minimum absolute atomic E-state index is 0.0951. The monoisotopic (exact) mass is 316 g/mol. The van der Waals surface area contributed by atoms with Gasteiger partial charge in [-0.15, -0.1) is 0 Å². The molecule has 0 atom stereocenters. The van der Waals surface area contributed by atoms with Crippen LogP contribution in [0.2, 0.25) is 0 Å². The van der Waals surface area contributed by atoms with Crippen LogP contribution in [0.5, 0.6) is 5.75 Å². The summed E-state index contributed by atoms with van der Waals surface area (Å²) in [7, 11) is 1.82. The highest BCUT2D eigenvalue weighted by atomic mass is 19.1. The van der Waals surface area contributed by atoms with Crippen LogP contribution < -0.4 is 10.1 Å². The lowest BCUT2D eigenvalue weighted by atomic mass is 10.2. The Hall–Kier alpha value is -2.40. The number of benzene rings is 2. The van der Waals surface area contributed by atoms with Crippen molar-refractivity contribution in [3.63, 3.8) is 0 Å². The Balaban J connectivity index is 1.71. The summed E-state index contributed by atoms with van der Waals surface area (Å²) in [5.41, 5.74) is 1.92. The number of hydrogen-bond donors (Lipinski definition) is 1. The van der Waals surface area contributed by atoms with Gasteiger partial charge in [0.2, 0.25) is 5.91 Å². The highest BCUT2D eigenvalue weighted by Gasteiger charge is 2.08. The van der Waals surface area contributed by atoms with E-state index in [1.54, 1.807) is 18.2 Å². The minimum Gasteiger partial charge on any atom is -0.489 e. The molecule has 1 N–H and O–H groups in total. The quantitative estimate of drug-likeness (QED) is 0.853. The van der Waals surface area contributed by atoms with Crippen LogP contribution in [0.25, 0.3) is 0 Å². The number of rotatable bonds is 7. The summed E-state index contributed by atoms with van der Waals surface area (Å²) in [6, 6.07) is 13.9. The number of carbonyl (C=O) groups excluding carboxylic acids is 1. The van der Waals surface area contributed by atoms with Crippen molar-refractivity contribution < 1.29 is 13.9 Å². The molecule has 0 saturated carbocycles. The largest absolute Gasteiger partial charge is 0.489 e. The molecule has 2 rings (SSSR count). The summed E-state index contributed by atoms with van der Waals surface area (Å²) in [5.74, 6) is -0.250. The third kappa shape index (κ3) is 5.71. The molecule has 0 aliphatic rings. The van der Waals surface area contributed by atoms with Gasteiger partial charge in [0, 0.05) is 12.2 Å². The van der Waals surface area contributed by atoms with Crippen molar-refractivity contribution in [3.05, 3.63) is 59.9 Å². The SMILES string of the molecule is Cc1ccc(NC(=O)CN(C)CCOc2ccccc2F)cc1. The first kappa shape index (κ1) is 17.0. The van der Waals surface area contributed by atoms with E-state index in [0.717, 1.165) is 11.3 Å². The van der Waals surface area contributed by atoms with Gasteiger partial charge in [0.05, 0.1) is 6.54 Å². The van der Waals surface area contributed by atoms with Crippen LogP contribution in [0.4, 0.5) is 10.1 Å². The van der Waals surface area contributed by atoms with Crippen molar-refractivity contribution in [2.45, 2.75) is 6.92 Å². The first-order valence-corrected chi connectivity index (χ1v) is 7.47. The Labute approximate surface area is 135 Å². The number of halogens is 1. The van der Waals surface area contributed by atoms with E-state index in [0.29, 0.717) is 13.2 Å². The number of likely N-dealkylation sites (N-methyl/N-ethyl adjacent to an activating group) is 1. The summed E-state index contributed by atoms with van der Waals surface area (Å²) < 4.78 is 18.8. The van der Waals surface area contributed by atoms with Gasteiger partial charge in [-0.3, -0.25) is 9.69 Å². The van der Waals surface area contributed by atoms with Crippen molar-refractivity contribution in [1.29, 1.82) is 0 Å². The minimum atomic E-state index is -0.382. The molecule has 0 spiro atoms. The summed E-state index contributed by atoms with van der Waals surface area (Å²) in [4.78, 5) is 13.8. The maximum Gasteiger partial charge on any atom is 0.238 e. The molecule has 0 fully saturated rings. The molecule has 0 aliphatic carbocycles. The molecular weight excluding hydrogens is 295 g/mol. The molecule has 0 unspecified atom stereocenters. The Kier molecular flexibility index (Phi) is 6.11. The molecule has 2 aromatic carbocycles. The van der Waals surface area contributed by atoms with Crippen LogP contribution in [0.1, 0.15) is 5.56 Å². The Bertz CT molecular complexity index is 644. The molecule has 122 valence electrons. The maximum absolute atomic E-state index is 13.4. The first-order chi connectivity index (χ1) is 11.0. The van der Waals surface area contributed by atoms with Gasteiger partial charge in [-0.2, -0.15) is 0 Å². The summed E-state index contributed by atoms with van der Waals surface area (Å²) >= 11 is 0. The van der Waals surface area contributed by atoms with Crippen LogP contribution in [-0.4, -0.2) is 37.6 Å². The molecule has 0 radical (unpaired) electrons. The summed E-state index contributed by atoms with van der Waals surface area (Å²) in [6.07, 6.45) is 0. The fourth-order valence-electron chi connectivity index (χ4n) is 2.03. The molecular formula is C18H21FN2O2. The van der Waals surface area contributed by atoms with Crippen molar-refractivity contribution in [2.75, 3.05) is 32.1 Å². The van der Waals surface area contributed by atoms with Gasteiger partial charge in [-0.1, -0.05) is 29.8 Å². The normalized spacial score (nSPS) is 10.6. The maximum atomic E-state index is 13.4. The van der Waals surface area contributed by atoms with E-state index in [-0.39, 0.29) is 24.0 Å². The highest BCUT2D eigenvalue weighted by molar-refractivity contribution is 5.92. The van der Waals surface area contributed by atoms with Crippen LogP contribution >= 0.6 is 0 Å². The molecule has 2 aromatic rings. The average Bonchev–Trinajstić information content (AvgIpc) is 2.51. The van der Waals surface area contributed by atoms with Crippen LogP contribution in [0.15, 0.2) is 48.5 Å². The second kappa shape index (κ2) is 8.29. The first-order valence-electron chi connectivity index (χ1n) is 7.47. The van der Waals surface area contributed by atoms with E-state index in [1.807, 2.05) is 43.1 Å². The molecule has 1 amide bonds. The Morgan fingerprint density at radius 2 is 1.87 bits per heavy atom. The predicted octanol–water partition coefficient (Wildman–Crippen LogP) is 3.08. The van der Waals surface area contributed by atoms with Gasteiger partial charge in [-0.25, -0.2) is 4.39 Å². The zero-order valence-electron chi connectivity index (χ0n) is 13.4. The Morgan fingerprint density at radius 3 is 2.57 bits per heavy atom. The zero-order valence-corrected chi connectivity index (χ0v) is 13.4. The molecule has 5 heteroatoms. The average molecular weight is 316 g/mol. The lowest BCUT2D eigenvalue weighted by molar-refractivity contribution is -0.117. The van der Waals surface area contributed by atoms with Crippen LogP contribution in [0.3, 0.4) is 0 Å². The number of aryl methyl sites for hydroxylation is 1. The lowest BCUT2D eigenvalue weighted by Gasteiger charge is -2.17. The standard InChI is InChI=1S/C18H21FN2O2/c1-14-7-9-15(10-8-14)20-18(22)13-21(2)11-12-23-17-6-4-3-5-16(17)19/h3-10H,11-13H2,1-2H3,(H,20,22). The van der Waals surface area contributed by atoms with Crippen molar-refractivity contribution >= 4 is 11.6 Å². The predicted molar refractivity (Wildman–Crippen MR) is 89.2 cm³/mol. The molecule has 0 aliphatic heterocycles. The van der Waals surface area contributed by atoms with Gasteiger partial charge in [0.15, 0.2) is 11.6 Å². The molecule has 0 saturated heterocycles. The number of para-hydroxylation sites is 1. The second-order valence-corrected chi connectivity index (χ2v) is 5.43. The molecule has 23 heavy (non-hydrogen) atoms. The fourth-order valence-corrected chi connectivity index (χ4v) is 2.03. The third-order valence-corrected chi connectivity index (χ3v) is 3.32. The zero-order chi connectivity index (χ0) is 16.7. The second-order valence-electron chi connectivity index (χ2n) is 5.43. The smallest absolute Gasteiger partial charge is 0.238 e. The van der Waals surface area contributed by atoms with E-state index in [1.165, 1.54) is 6.07 Å². The van der Waals surface area contributed by atoms with Gasteiger partial charge in [-0.05, 0) is 38.2 Å². The summed E-state index contributed by atoms with van der Waals surface area (Å²) in [5, 5.41) is 2.84. The highest BCUT2D eigenvalue weighted by Crippen LogP contribution is 2.15. The van der Waals surface area contributed by atoms with Gasteiger partial charge in [0.1, 0.15) is 6.61 Å².